The Morgan fingerprint density at radius 1 is 1.33 bits per heavy atom. The van der Waals surface area contributed by atoms with E-state index >= 15 is 0 Å². The summed E-state index contributed by atoms with van der Waals surface area (Å²) in [6.07, 6.45) is -0.940. The number of methoxy groups -OCH3 is 1. The number of nitrogens with one attached hydrogen (secondary N) is 1. The molecular weight excluding hydrogens is 281 g/mol. The molecule has 2 N–H and O–H groups in total. The van der Waals surface area contributed by atoms with Crippen molar-refractivity contribution in [2.45, 2.75) is 32.4 Å². The second kappa shape index (κ2) is 6.43. The Morgan fingerprint density at radius 3 is 2.38 bits per heavy atom. The van der Waals surface area contributed by atoms with Gasteiger partial charge in [-0.05, 0) is 32.9 Å². The minimum atomic E-state index is -1.55. The van der Waals surface area contributed by atoms with Crippen molar-refractivity contribution in [2.75, 3.05) is 7.11 Å². The molecule has 0 saturated heterocycles. The second-order valence-corrected chi connectivity index (χ2v) is 5.30. The Kier molecular flexibility index (Phi) is 5.12. The summed E-state index contributed by atoms with van der Waals surface area (Å²) in [7, 11) is 1.36. The van der Waals surface area contributed by atoms with E-state index in [1.54, 1.807) is 20.8 Å². The van der Waals surface area contributed by atoms with Crippen LogP contribution in [0, 0.1) is 5.82 Å². The first-order chi connectivity index (χ1) is 9.64. The first-order valence-electron chi connectivity index (χ1n) is 6.20. The number of hydrogen-bond donors (Lipinski definition) is 2. The van der Waals surface area contributed by atoms with Crippen LogP contribution < -0.4 is 10.1 Å². The van der Waals surface area contributed by atoms with Crippen LogP contribution >= 0.6 is 0 Å². The summed E-state index contributed by atoms with van der Waals surface area (Å²) in [6, 6.07) is 2.14. The summed E-state index contributed by atoms with van der Waals surface area (Å²) in [5, 5.41) is 11.3. The van der Waals surface area contributed by atoms with Gasteiger partial charge in [0.05, 0.1) is 7.11 Å². The maximum atomic E-state index is 13.9. The number of hydrogen-bond acceptors (Lipinski definition) is 4. The average Bonchev–Trinajstić information content (AvgIpc) is 2.33. The fraction of sp³-hybridized carbons (Fsp3) is 0.429. The predicted molar refractivity (Wildman–Crippen MR) is 72.7 cm³/mol. The molecule has 1 amide bonds. The van der Waals surface area contributed by atoms with Crippen LogP contribution in [-0.4, -0.2) is 29.9 Å². The number of carboxylic acid groups (broad SMARTS) is 1. The first kappa shape index (κ1) is 16.7. The fourth-order valence-electron chi connectivity index (χ4n) is 1.57. The van der Waals surface area contributed by atoms with Crippen LogP contribution in [0.15, 0.2) is 18.2 Å². The molecule has 0 fully saturated rings. The van der Waals surface area contributed by atoms with Gasteiger partial charge in [0.2, 0.25) is 0 Å². The monoisotopic (exact) mass is 299 g/mol. The number of aliphatic carboxylic acids is 1. The number of carbonyl (C=O) groups excluding carboxylic acids is 1. The number of ether oxygens (including phenoxy) is 2. The molecule has 0 aliphatic rings. The Hall–Kier alpha value is -2.31. The van der Waals surface area contributed by atoms with E-state index in [2.05, 4.69) is 5.32 Å². The average molecular weight is 299 g/mol. The molecule has 1 aromatic rings. The molecule has 6 nitrogen and oxygen atoms in total. The number of amides is 1. The lowest BCUT2D eigenvalue weighted by Gasteiger charge is -2.22. The van der Waals surface area contributed by atoms with Crippen LogP contribution in [0.1, 0.15) is 32.4 Å². The van der Waals surface area contributed by atoms with Crippen molar-refractivity contribution < 1.29 is 28.6 Å². The summed E-state index contributed by atoms with van der Waals surface area (Å²) in [5.41, 5.74) is -0.972. The standard InChI is InChI=1S/C14H18FNO5/c1-14(2,3)21-13(19)16-11(12(17)18)9-6-5-8(20-4)7-10(9)15/h5-7,11H,1-4H3,(H,16,19)(H,17,18)/t11-/m1/s1. The molecule has 0 unspecified atom stereocenters. The maximum Gasteiger partial charge on any atom is 0.408 e. The first-order valence-corrected chi connectivity index (χ1v) is 6.20. The van der Waals surface area contributed by atoms with Gasteiger partial charge >= 0.3 is 12.1 Å². The van der Waals surface area contributed by atoms with Gasteiger partial charge in [0.25, 0.3) is 0 Å². The highest BCUT2D eigenvalue weighted by Gasteiger charge is 2.27. The van der Waals surface area contributed by atoms with Crippen molar-refractivity contribution in [1.29, 1.82) is 0 Å². The number of halogens is 1. The fourth-order valence-corrected chi connectivity index (χ4v) is 1.57. The lowest BCUT2D eigenvalue weighted by molar-refractivity contribution is -0.139. The summed E-state index contributed by atoms with van der Waals surface area (Å²) in [4.78, 5) is 22.9. The van der Waals surface area contributed by atoms with Gasteiger partial charge in [-0.25, -0.2) is 14.0 Å². The van der Waals surface area contributed by atoms with Gasteiger partial charge in [0.15, 0.2) is 6.04 Å². The molecule has 0 heterocycles. The lowest BCUT2D eigenvalue weighted by atomic mass is 10.1. The molecule has 0 aromatic heterocycles. The van der Waals surface area contributed by atoms with Gasteiger partial charge in [-0.1, -0.05) is 0 Å². The Labute approximate surface area is 121 Å². The minimum absolute atomic E-state index is 0.186. The number of carbonyl (C=O) groups is 2. The molecule has 0 radical (unpaired) electrons. The van der Waals surface area contributed by atoms with E-state index in [4.69, 9.17) is 14.6 Å². The van der Waals surface area contributed by atoms with Crippen LogP contribution in [0.3, 0.4) is 0 Å². The SMILES string of the molecule is COc1ccc([C@@H](NC(=O)OC(C)(C)C)C(=O)O)c(F)c1. The highest BCUT2D eigenvalue weighted by atomic mass is 19.1. The van der Waals surface area contributed by atoms with Crippen molar-refractivity contribution in [3.63, 3.8) is 0 Å². The quantitative estimate of drug-likeness (QED) is 0.892. The zero-order valence-electron chi connectivity index (χ0n) is 12.3. The van der Waals surface area contributed by atoms with E-state index in [9.17, 15) is 14.0 Å². The van der Waals surface area contributed by atoms with E-state index in [1.165, 1.54) is 19.2 Å². The zero-order valence-corrected chi connectivity index (χ0v) is 12.3. The van der Waals surface area contributed by atoms with Gasteiger partial charge in [-0.15, -0.1) is 0 Å². The van der Waals surface area contributed by atoms with E-state index in [-0.39, 0.29) is 11.3 Å². The summed E-state index contributed by atoms with van der Waals surface area (Å²) >= 11 is 0. The lowest BCUT2D eigenvalue weighted by Crippen LogP contribution is -2.38. The number of benzene rings is 1. The summed E-state index contributed by atoms with van der Waals surface area (Å²) in [6.45, 7) is 4.91. The second-order valence-electron chi connectivity index (χ2n) is 5.30. The Bertz CT molecular complexity index is 539. The summed E-state index contributed by atoms with van der Waals surface area (Å²) in [5.74, 6) is -1.94. The molecular formula is C14H18FNO5. The molecule has 0 saturated carbocycles. The molecule has 0 spiro atoms. The molecule has 0 aliphatic heterocycles. The van der Waals surface area contributed by atoms with Gasteiger partial charge < -0.3 is 19.9 Å². The van der Waals surface area contributed by atoms with Crippen molar-refractivity contribution in [1.82, 2.24) is 5.32 Å². The van der Waals surface area contributed by atoms with Gasteiger partial charge in [0.1, 0.15) is 17.2 Å². The van der Waals surface area contributed by atoms with Gasteiger partial charge in [-0.2, -0.15) is 0 Å². The van der Waals surface area contributed by atoms with Gasteiger partial charge in [-0.3, -0.25) is 0 Å². The van der Waals surface area contributed by atoms with Crippen molar-refractivity contribution in [3.05, 3.63) is 29.6 Å². The molecule has 116 valence electrons. The highest BCUT2D eigenvalue weighted by Crippen LogP contribution is 2.22. The largest absolute Gasteiger partial charge is 0.497 e. The van der Waals surface area contributed by atoms with E-state index in [0.717, 1.165) is 6.07 Å². The highest BCUT2D eigenvalue weighted by molar-refractivity contribution is 5.81. The predicted octanol–water partition coefficient (Wildman–Crippen LogP) is 2.48. The van der Waals surface area contributed by atoms with E-state index in [0.29, 0.717) is 0 Å². The van der Waals surface area contributed by atoms with E-state index in [1.807, 2.05) is 0 Å². The molecule has 1 atom stereocenters. The van der Waals surface area contributed by atoms with Crippen LogP contribution in [0.5, 0.6) is 5.75 Å². The topological polar surface area (TPSA) is 84.9 Å². The van der Waals surface area contributed by atoms with Gasteiger partial charge in [0, 0.05) is 11.6 Å². The molecule has 1 rings (SSSR count). The number of rotatable bonds is 4. The maximum absolute atomic E-state index is 13.9. The normalized spacial score (nSPS) is 12.4. The Morgan fingerprint density at radius 2 is 1.95 bits per heavy atom. The van der Waals surface area contributed by atoms with Crippen molar-refractivity contribution >= 4 is 12.1 Å². The zero-order chi connectivity index (χ0) is 16.2. The van der Waals surface area contributed by atoms with Crippen molar-refractivity contribution in [3.8, 4) is 5.75 Å². The van der Waals surface area contributed by atoms with Crippen molar-refractivity contribution in [2.24, 2.45) is 0 Å². The minimum Gasteiger partial charge on any atom is -0.497 e. The number of carboxylic acids is 1. The molecule has 0 bridgehead atoms. The molecule has 1 aromatic carbocycles. The third kappa shape index (κ3) is 4.94. The van der Waals surface area contributed by atoms with E-state index < -0.39 is 29.5 Å². The number of alkyl carbamates (subject to hydrolysis) is 1. The summed E-state index contributed by atoms with van der Waals surface area (Å²) < 4.78 is 23.7. The van der Waals surface area contributed by atoms with Crippen LogP contribution in [0.25, 0.3) is 0 Å². The smallest absolute Gasteiger partial charge is 0.408 e. The molecule has 7 heteroatoms. The van der Waals surface area contributed by atoms with Crippen LogP contribution in [0.4, 0.5) is 9.18 Å². The van der Waals surface area contributed by atoms with Crippen LogP contribution in [0.2, 0.25) is 0 Å². The molecule has 0 aliphatic carbocycles. The Balaban J connectivity index is 2.98. The molecule has 21 heavy (non-hydrogen) atoms. The third-order valence-electron chi connectivity index (χ3n) is 2.43. The van der Waals surface area contributed by atoms with Crippen LogP contribution in [-0.2, 0) is 9.53 Å². The third-order valence-corrected chi connectivity index (χ3v) is 2.43.